The monoisotopic (exact) mass is 283 g/mol. The first-order chi connectivity index (χ1) is 9.15. The molecule has 0 aliphatic heterocycles. The summed E-state index contributed by atoms with van der Waals surface area (Å²) in [6.07, 6.45) is 7.19. The summed E-state index contributed by atoms with van der Waals surface area (Å²) < 4.78 is 13.5. The van der Waals surface area contributed by atoms with Gasteiger partial charge in [-0.25, -0.2) is 4.39 Å². The van der Waals surface area contributed by atoms with E-state index >= 15 is 0 Å². The van der Waals surface area contributed by atoms with Crippen molar-refractivity contribution in [2.75, 3.05) is 13.1 Å². The number of hydrogen-bond donors (Lipinski definition) is 1. The molecule has 0 heterocycles. The molecule has 1 aromatic rings. The minimum absolute atomic E-state index is 0.216. The highest BCUT2D eigenvalue weighted by atomic mass is 35.5. The molecule has 0 atom stereocenters. The third-order valence-corrected chi connectivity index (χ3v) is 4.46. The minimum Gasteiger partial charge on any atom is -0.316 e. The van der Waals surface area contributed by atoms with Gasteiger partial charge in [-0.2, -0.15) is 0 Å². The fourth-order valence-corrected chi connectivity index (χ4v) is 3.27. The molecule has 1 aromatic carbocycles. The normalized spacial score (nSPS) is 17.8. The highest BCUT2D eigenvalue weighted by Crippen LogP contribution is 2.40. The zero-order valence-corrected chi connectivity index (χ0v) is 12.4. The van der Waals surface area contributed by atoms with Crippen molar-refractivity contribution in [3.8, 4) is 0 Å². The molecule has 0 radical (unpaired) electrons. The first-order valence-corrected chi connectivity index (χ1v) is 7.68. The van der Waals surface area contributed by atoms with E-state index in [9.17, 15) is 4.39 Å². The molecule has 3 heteroatoms. The van der Waals surface area contributed by atoms with E-state index in [4.69, 9.17) is 11.6 Å². The van der Waals surface area contributed by atoms with Crippen molar-refractivity contribution in [3.05, 3.63) is 34.6 Å². The van der Waals surface area contributed by atoms with Crippen molar-refractivity contribution in [3.63, 3.8) is 0 Å². The second-order valence-electron chi connectivity index (χ2n) is 5.81. The lowest BCUT2D eigenvalue weighted by Crippen LogP contribution is -2.34. The van der Waals surface area contributed by atoms with Crippen LogP contribution in [0.2, 0.25) is 5.02 Å². The lowest BCUT2D eigenvalue weighted by molar-refractivity contribution is 0.278. The highest BCUT2D eigenvalue weighted by molar-refractivity contribution is 6.30. The Bertz CT molecular complexity index is 413. The van der Waals surface area contributed by atoms with E-state index in [2.05, 4.69) is 12.2 Å². The molecule has 0 aromatic heterocycles. The lowest BCUT2D eigenvalue weighted by Gasteiger charge is -2.29. The van der Waals surface area contributed by atoms with Gasteiger partial charge in [0.05, 0.1) is 5.02 Å². The SMILES string of the molecule is CCCNCC1(Cc2ccc(Cl)c(F)c2)CCCC1. The quantitative estimate of drug-likeness (QED) is 0.754. The van der Waals surface area contributed by atoms with Gasteiger partial charge in [-0.05, 0) is 55.3 Å². The highest BCUT2D eigenvalue weighted by Gasteiger charge is 2.33. The van der Waals surface area contributed by atoms with E-state index < -0.39 is 0 Å². The van der Waals surface area contributed by atoms with Crippen LogP contribution in [-0.2, 0) is 6.42 Å². The number of rotatable bonds is 6. The molecule has 0 saturated heterocycles. The van der Waals surface area contributed by atoms with E-state index in [1.165, 1.54) is 25.7 Å². The van der Waals surface area contributed by atoms with Crippen molar-refractivity contribution >= 4 is 11.6 Å². The predicted molar refractivity (Wildman–Crippen MR) is 79.2 cm³/mol. The van der Waals surface area contributed by atoms with Crippen LogP contribution in [0.5, 0.6) is 0 Å². The van der Waals surface area contributed by atoms with Crippen LogP contribution in [0.25, 0.3) is 0 Å². The van der Waals surface area contributed by atoms with Gasteiger partial charge in [-0.15, -0.1) is 0 Å². The number of benzene rings is 1. The van der Waals surface area contributed by atoms with Crippen LogP contribution in [0.3, 0.4) is 0 Å². The van der Waals surface area contributed by atoms with Crippen molar-refractivity contribution in [1.29, 1.82) is 0 Å². The summed E-state index contributed by atoms with van der Waals surface area (Å²) in [5.74, 6) is -0.297. The van der Waals surface area contributed by atoms with Gasteiger partial charge in [0.25, 0.3) is 0 Å². The maximum Gasteiger partial charge on any atom is 0.142 e. The van der Waals surface area contributed by atoms with E-state index in [-0.39, 0.29) is 10.8 Å². The molecule has 19 heavy (non-hydrogen) atoms. The minimum atomic E-state index is -0.297. The number of nitrogens with one attached hydrogen (secondary N) is 1. The largest absolute Gasteiger partial charge is 0.316 e. The zero-order chi connectivity index (χ0) is 13.7. The Morgan fingerprint density at radius 3 is 2.68 bits per heavy atom. The van der Waals surface area contributed by atoms with E-state index in [0.717, 1.165) is 31.5 Å². The molecule has 0 bridgehead atoms. The third-order valence-electron chi connectivity index (χ3n) is 4.15. The topological polar surface area (TPSA) is 12.0 Å². The van der Waals surface area contributed by atoms with Crippen LogP contribution in [0.1, 0.15) is 44.6 Å². The molecule has 1 saturated carbocycles. The average Bonchev–Trinajstić information content (AvgIpc) is 2.83. The zero-order valence-electron chi connectivity index (χ0n) is 11.6. The Balaban J connectivity index is 2.05. The second-order valence-corrected chi connectivity index (χ2v) is 6.22. The molecule has 106 valence electrons. The van der Waals surface area contributed by atoms with Gasteiger partial charge in [0.2, 0.25) is 0 Å². The number of halogens is 2. The molecular formula is C16H23ClFN. The van der Waals surface area contributed by atoms with Crippen molar-refractivity contribution < 1.29 is 4.39 Å². The molecule has 0 spiro atoms. The van der Waals surface area contributed by atoms with E-state index in [1.54, 1.807) is 12.1 Å². The van der Waals surface area contributed by atoms with Crippen molar-refractivity contribution in [2.24, 2.45) is 5.41 Å². The Morgan fingerprint density at radius 2 is 2.05 bits per heavy atom. The fraction of sp³-hybridized carbons (Fsp3) is 0.625. The molecule has 0 unspecified atom stereocenters. The van der Waals surface area contributed by atoms with Crippen molar-refractivity contribution in [2.45, 2.75) is 45.4 Å². The Kier molecular flexibility index (Phi) is 5.23. The Labute approximate surface area is 120 Å². The van der Waals surface area contributed by atoms with Crippen LogP contribution >= 0.6 is 11.6 Å². The van der Waals surface area contributed by atoms with Crippen LogP contribution in [0.15, 0.2) is 18.2 Å². The van der Waals surface area contributed by atoms with Crippen LogP contribution in [0, 0.1) is 11.2 Å². The summed E-state index contributed by atoms with van der Waals surface area (Å²) in [5, 5.41) is 3.76. The third kappa shape index (κ3) is 3.93. The summed E-state index contributed by atoms with van der Waals surface area (Å²) in [4.78, 5) is 0. The molecular weight excluding hydrogens is 261 g/mol. The Morgan fingerprint density at radius 1 is 1.32 bits per heavy atom. The molecule has 1 fully saturated rings. The van der Waals surface area contributed by atoms with Crippen LogP contribution in [0.4, 0.5) is 4.39 Å². The second kappa shape index (κ2) is 6.71. The molecule has 2 rings (SSSR count). The van der Waals surface area contributed by atoms with Crippen LogP contribution < -0.4 is 5.32 Å². The smallest absolute Gasteiger partial charge is 0.142 e. The van der Waals surface area contributed by atoms with Gasteiger partial charge >= 0.3 is 0 Å². The Hall–Kier alpha value is -0.600. The van der Waals surface area contributed by atoms with Gasteiger partial charge < -0.3 is 5.32 Å². The summed E-state index contributed by atoms with van der Waals surface area (Å²) in [5.41, 5.74) is 1.39. The molecule has 1 N–H and O–H groups in total. The fourth-order valence-electron chi connectivity index (χ4n) is 3.15. The van der Waals surface area contributed by atoms with E-state index in [1.807, 2.05) is 6.07 Å². The van der Waals surface area contributed by atoms with E-state index in [0.29, 0.717) is 5.41 Å². The van der Waals surface area contributed by atoms with Gasteiger partial charge in [0, 0.05) is 6.54 Å². The van der Waals surface area contributed by atoms with Gasteiger partial charge in [-0.3, -0.25) is 0 Å². The number of hydrogen-bond acceptors (Lipinski definition) is 1. The summed E-state index contributed by atoms with van der Waals surface area (Å²) in [6, 6.07) is 5.24. The summed E-state index contributed by atoms with van der Waals surface area (Å²) >= 11 is 5.75. The standard InChI is InChI=1S/C16H23ClFN/c1-2-9-19-12-16(7-3-4-8-16)11-13-5-6-14(17)15(18)10-13/h5-6,10,19H,2-4,7-9,11-12H2,1H3. The average molecular weight is 284 g/mol. The van der Waals surface area contributed by atoms with Crippen molar-refractivity contribution in [1.82, 2.24) is 5.32 Å². The lowest BCUT2D eigenvalue weighted by atomic mass is 9.80. The van der Waals surface area contributed by atoms with Gasteiger partial charge in [-0.1, -0.05) is 37.4 Å². The maximum atomic E-state index is 13.5. The molecule has 0 amide bonds. The van der Waals surface area contributed by atoms with Gasteiger partial charge in [0.1, 0.15) is 5.82 Å². The summed E-state index contributed by atoms with van der Waals surface area (Å²) in [6.45, 7) is 4.30. The van der Waals surface area contributed by atoms with Crippen LogP contribution in [-0.4, -0.2) is 13.1 Å². The van der Waals surface area contributed by atoms with Gasteiger partial charge in [0.15, 0.2) is 0 Å². The molecule has 1 aliphatic carbocycles. The maximum absolute atomic E-state index is 13.5. The first kappa shape index (κ1) is 14.8. The summed E-state index contributed by atoms with van der Waals surface area (Å²) in [7, 11) is 0. The molecule has 1 aliphatic rings. The predicted octanol–water partition coefficient (Wildman–Crippen LogP) is 4.58. The molecule has 1 nitrogen and oxygen atoms in total. The first-order valence-electron chi connectivity index (χ1n) is 7.30.